The van der Waals surface area contributed by atoms with E-state index >= 15 is 0 Å². The fourth-order valence-corrected chi connectivity index (χ4v) is 4.44. The van der Waals surface area contributed by atoms with E-state index in [4.69, 9.17) is 9.47 Å². The average molecular weight is 406 g/mol. The smallest absolute Gasteiger partial charge is 0.120 e. The summed E-state index contributed by atoms with van der Waals surface area (Å²) in [6, 6.07) is 0. The van der Waals surface area contributed by atoms with Gasteiger partial charge in [-0.3, -0.25) is 0 Å². The van der Waals surface area contributed by atoms with Crippen molar-refractivity contribution in [2.75, 3.05) is 4.43 Å². The maximum Gasteiger partial charge on any atom is 0.120 e. The van der Waals surface area contributed by atoms with Crippen LogP contribution in [0.1, 0.15) is 52.4 Å². The minimum Gasteiger partial charge on any atom is -0.372 e. The van der Waals surface area contributed by atoms with Crippen LogP contribution in [0.25, 0.3) is 0 Å². The van der Waals surface area contributed by atoms with Crippen molar-refractivity contribution in [2.45, 2.75) is 76.3 Å². The molecule has 0 aromatic carbocycles. The highest BCUT2D eigenvalue weighted by molar-refractivity contribution is 14.1. The van der Waals surface area contributed by atoms with E-state index in [2.05, 4.69) is 43.0 Å². The molecule has 0 unspecified atom stereocenters. The van der Waals surface area contributed by atoms with Crippen LogP contribution in [0.3, 0.4) is 0 Å². The van der Waals surface area contributed by atoms with E-state index in [9.17, 15) is 4.79 Å². The third-order valence-electron chi connectivity index (χ3n) is 4.96. The summed E-state index contributed by atoms with van der Waals surface area (Å²) in [5.41, 5.74) is 1.10. The summed E-state index contributed by atoms with van der Waals surface area (Å²) >= 11 is 2.43. The molecule has 120 valence electrons. The quantitative estimate of drug-likeness (QED) is 0.277. The minimum atomic E-state index is -0.133. The number of carbonyl (C=O) groups is 1. The third kappa shape index (κ3) is 4.08. The molecule has 0 radical (unpaired) electrons. The maximum atomic E-state index is 10.6. The Balaban J connectivity index is 1.97. The van der Waals surface area contributed by atoms with Crippen LogP contribution < -0.4 is 0 Å². The summed E-state index contributed by atoms with van der Waals surface area (Å²) in [6.07, 6.45) is 7.26. The fourth-order valence-electron chi connectivity index (χ4n) is 3.46. The van der Waals surface area contributed by atoms with Gasteiger partial charge in [-0.05, 0) is 38.5 Å². The lowest BCUT2D eigenvalue weighted by Crippen LogP contribution is -2.50. The van der Waals surface area contributed by atoms with Gasteiger partial charge in [-0.1, -0.05) is 41.7 Å². The van der Waals surface area contributed by atoms with Gasteiger partial charge in [0.05, 0.1) is 18.3 Å². The Labute approximate surface area is 142 Å². The number of ether oxygens (including phenoxy) is 2. The lowest BCUT2D eigenvalue weighted by atomic mass is 9.85. The van der Waals surface area contributed by atoms with Gasteiger partial charge < -0.3 is 14.3 Å². The van der Waals surface area contributed by atoms with Crippen LogP contribution in [0.2, 0.25) is 0 Å². The van der Waals surface area contributed by atoms with Crippen LogP contribution in [0.15, 0.2) is 12.2 Å². The van der Waals surface area contributed by atoms with Gasteiger partial charge in [0.2, 0.25) is 0 Å². The highest BCUT2D eigenvalue weighted by Crippen LogP contribution is 2.45. The number of allylic oxidation sites excluding steroid dienone is 1. The molecule has 2 aliphatic rings. The molecule has 0 spiro atoms. The SMILES string of the molecule is C=C(C)[C@H](C)C[C@H]1CC[C@@H]2O[C@@H](CCC=O)C[C@]2(CI)O1. The monoisotopic (exact) mass is 406 g/mol. The molecule has 0 aromatic rings. The van der Waals surface area contributed by atoms with Crippen molar-refractivity contribution in [1.82, 2.24) is 0 Å². The van der Waals surface area contributed by atoms with E-state index in [1.165, 1.54) is 5.57 Å². The fraction of sp³-hybridized carbons (Fsp3) is 0.824. The lowest BCUT2D eigenvalue weighted by Gasteiger charge is -2.42. The Morgan fingerprint density at radius 1 is 1.48 bits per heavy atom. The van der Waals surface area contributed by atoms with E-state index < -0.39 is 0 Å². The zero-order valence-electron chi connectivity index (χ0n) is 13.1. The minimum absolute atomic E-state index is 0.133. The Bertz CT molecular complexity index is 384. The first kappa shape index (κ1) is 17.4. The third-order valence-corrected chi connectivity index (χ3v) is 6.25. The van der Waals surface area contributed by atoms with Crippen LogP contribution in [-0.2, 0) is 14.3 Å². The summed E-state index contributed by atoms with van der Waals surface area (Å²) in [7, 11) is 0. The number of rotatable bonds is 7. The van der Waals surface area contributed by atoms with Gasteiger partial charge >= 0.3 is 0 Å². The van der Waals surface area contributed by atoms with Crippen molar-refractivity contribution in [3.05, 3.63) is 12.2 Å². The molecule has 0 aromatic heterocycles. The van der Waals surface area contributed by atoms with Crippen molar-refractivity contribution < 1.29 is 14.3 Å². The zero-order valence-corrected chi connectivity index (χ0v) is 15.3. The first-order chi connectivity index (χ1) is 10.0. The normalized spacial score (nSPS) is 37.0. The van der Waals surface area contributed by atoms with E-state index in [0.29, 0.717) is 18.4 Å². The zero-order chi connectivity index (χ0) is 15.5. The number of aldehydes is 1. The molecule has 0 aliphatic carbocycles. The van der Waals surface area contributed by atoms with Crippen LogP contribution in [-0.4, -0.2) is 34.6 Å². The second-order valence-electron chi connectivity index (χ2n) is 6.69. The van der Waals surface area contributed by atoms with Gasteiger partial charge in [-0.2, -0.15) is 0 Å². The van der Waals surface area contributed by atoms with Crippen molar-refractivity contribution in [1.29, 1.82) is 0 Å². The molecule has 5 atom stereocenters. The summed E-state index contributed by atoms with van der Waals surface area (Å²) in [5, 5.41) is 0. The predicted molar refractivity (Wildman–Crippen MR) is 92.9 cm³/mol. The summed E-state index contributed by atoms with van der Waals surface area (Å²) < 4.78 is 13.6. The molecule has 21 heavy (non-hydrogen) atoms. The summed E-state index contributed by atoms with van der Waals surface area (Å²) in [4.78, 5) is 10.6. The highest BCUT2D eigenvalue weighted by atomic mass is 127. The highest BCUT2D eigenvalue weighted by Gasteiger charge is 2.52. The number of hydrogen-bond acceptors (Lipinski definition) is 3. The molecule has 0 bridgehead atoms. The largest absolute Gasteiger partial charge is 0.372 e. The van der Waals surface area contributed by atoms with E-state index in [1.54, 1.807) is 0 Å². The first-order valence-corrected chi connectivity index (χ1v) is 9.51. The second kappa shape index (κ2) is 7.55. The average Bonchev–Trinajstić information content (AvgIpc) is 2.83. The Morgan fingerprint density at radius 3 is 2.86 bits per heavy atom. The molecule has 2 saturated heterocycles. The molecule has 2 heterocycles. The molecular weight excluding hydrogens is 379 g/mol. The van der Waals surface area contributed by atoms with Gasteiger partial charge in [0, 0.05) is 17.3 Å². The van der Waals surface area contributed by atoms with Gasteiger partial charge in [0.1, 0.15) is 11.9 Å². The van der Waals surface area contributed by atoms with Gasteiger partial charge in [0.15, 0.2) is 0 Å². The molecule has 0 saturated carbocycles. The number of alkyl halides is 1. The topological polar surface area (TPSA) is 35.5 Å². The van der Waals surface area contributed by atoms with Crippen molar-refractivity contribution >= 4 is 28.9 Å². The first-order valence-electron chi connectivity index (χ1n) is 7.99. The number of fused-ring (bicyclic) bond motifs is 1. The number of halogens is 1. The number of carbonyl (C=O) groups excluding carboxylic acids is 1. The molecule has 0 amide bonds. The lowest BCUT2D eigenvalue weighted by molar-refractivity contribution is -0.155. The van der Waals surface area contributed by atoms with Gasteiger partial charge in [-0.25, -0.2) is 0 Å². The molecule has 2 fully saturated rings. The predicted octanol–water partition coefficient (Wildman–Crippen LogP) is 4.08. The Kier molecular flexibility index (Phi) is 6.26. The van der Waals surface area contributed by atoms with Crippen LogP contribution >= 0.6 is 22.6 Å². The Hall–Kier alpha value is 0.0600. The molecule has 4 heteroatoms. The second-order valence-corrected chi connectivity index (χ2v) is 7.46. The van der Waals surface area contributed by atoms with E-state index in [1.807, 2.05) is 0 Å². The van der Waals surface area contributed by atoms with Crippen molar-refractivity contribution in [3.8, 4) is 0 Å². The standard InChI is InChI=1S/C17H27IO3/c1-12(2)13(3)9-14-6-7-16-17(11-18,21-14)10-15(20-16)5-4-8-19/h8,13-16H,1,4-7,9-11H2,2-3H3/t13-,14-,15+,16+,17-/m1/s1. The van der Waals surface area contributed by atoms with Gasteiger partial charge in [-0.15, -0.1) is 0 Å². The van der Waals surface area contributed by atoms with Crippen LogP contribution in [0, 0.1) is 5.92 Å². The summed E-state index contributed by atoms with van der Waals surface area (Å²) in [6.45, 7) is 8.38. The molecular formula is C17H27IO3. The Morgan fingerprint density at radius 2 is 2.24 bits per heavy atom. The molecule has 2 aliphatic heterocycles. The van der Waals surface area contributed by atoms with Crippen LogP contribution in [0.5, 0.6) is 0 Å². The summed E-state index contributed by atoms with van der Waals surface area (Å²) in [5.74, 6) is 0.506. The molecule has 2 rings (SSSR count). The molecule has 3 nitrogen and oxygen atoms in total. The van der Waals surface area contributed by atoms with Gasteiger partial charge in [0.25, 0.3) is 0 Å². The molecule has 0 N–H and O–H groups in total. The van der Waals surface area contributed by atoms with E-state index in [0.717, 1.165) is 42.8 Å². The van der Waals surface area contributed by atoms with Crippen molar-refractivity contribution in [3.63, 3.8) is 0 Å². The van der Waals surface area contributed by atoms with E-state index in [-0.39, 0.29) is 17.8 Å². The number of hydrogen-bond donors (Lipinski definition) is 0. The maximum absolute atomic E-state index is 10.6. The van der Waals surface area contributed by atoms with Crippen molar-refractivity contribution in [2.24, 2.45) is 5.92 Å². The van der Waals surface area contributed by atoms with Crippen LogP contribution in [0.4, 0.5) is 0 Å².